The van der Waals surface area contributed by atoms with Crippen molar-refractivity contribution in [3.8, 4) is 5.75 Å². The van der Waals surface area contributed by atoms with Crippen molar-refractivity contribution in [1.29, 1.82) is 4.78 Å². The fourth-order valence-corrected chi connectivity index (χ4v) is 3.22. The van der Waals surface area contributed by atoms with Crippen LogP contribution in [0.4, 0.5) is 14.5 Å². The Morgan fingerprint density at radius 2 is 2.07 bits per heavy atom. The van der Waals surface area contributed by atoms with E-state index < -0.39 is 22.3 Å². The Labute approximate surface area is 177 Å². The summed E-state index contributed by atoms with van der Waals surface area (Å²) in [5, 5.41) is 3.49. The number of hydrogen-bond acceptors (Lipinski definition) is 5. The summed E-state index contributed by atoms with van der Waals surface area (Å²) in [7, 11) is -0.655. The minimum atomic E-state index is -0.925. The van der Waals surface area contributed by atoms with Crippen LogP contribution in [0.3, 0.4) is 0 Å². The molecule has 0 spiro atoms. The second-order valence-corrected chi connectivity index (χ2v) is 8.55. The van der Waals surface area contributed by atoms with Gasteiger partial charge < -0.3 is 14.8 Å². The van der Waals surface area contributed by atoms with Crippen LogP contribution in [0.15, 0.2) is 41.6 Å². The molecule has 3 atom stereocenters. The third-order valence-corrected chi connectivity index (χ3v) is 4.97. The van der Waals surface area contributed by atoms with Gasteiger partial charge in [-0.2, -0.15) is 4.39 Å². The Morgan fingerprint density at radius 1 is 1.33 bits per heavy atom. The molecule has 1 aromatic carbocycles. The molecule has 0 radical (unpaired) electrons. The largest absolute Gasteiger partial charge is 0.488 e. The molecular formula is C21H27F2N3O3S. The Balaban J connectivity index is 0.000000232. The van der Waals surface area contributed by atoms with E-state index in [4.69, 9.17) is 14.3 Å². The van der Waals surface area contributed by atoms with Gasteiger partial charge in [-0.05, 0) is 64.1 Å². The normalized spacial score (nSPS) is 19.0. The molecule has 30 heavy (non-hydrogen) atoms. The quantitative estimate of drug-likeness (QED) is 0.707. The maximum absolute atomic E-state index is 12.9. The lowest BCUT2D eigenvalue weighted by Gasteiger charge is -2.12. The number of nitrogens with one attached hydrogen (secondary N) is 2. The van der Waals surface area contributed by atoms with Crippen molar-refractivity contribution in [3.05, 3.63) is 48.2 Å². The first-order valence-electron chi connectivity index (χ1n) is 9.57. The molecule has 1 aliphatic heterocycles. The van der Waals surface area contributed by atoms with Crippen molar-refractivity contribution in [3.63, 3.8) is 0 Å². The first kappa shape index (κ1) is 23.9. The van der Waals surface area contributed by atoms with Gasteiger partial charge in [0.1, 0.15) is 11.1 Å². The molecule has 1 saturated heterocycles. The number of halogens is 2. The number of amides is 1. The van der Waals surface area contributed by atoms with Gasteiger partial charge in [0.25, 0.3) is 5.91 Å². The topological polar surface area (TPSA) is 84.3 Å². The maximum atomic E-state index is 12.9. The van der Waals surface area contributed by atoms with E-state index in [9.17, 15) is 13.6 Å². The van der Waals surface area contributed by atoms with Crippen LogP contribution in [-0.4, -0.2) is 35.5 Å². The second kappa shape index (κ2) is 11.1. The smallest absolute Gasteiger partial charge is 0.253 e. The van der Waals surface area contributed by atoms with E-state index in [1.807, 2.05) is 6.92 Å². The molecule has 164 valence electrons. The van der Waals surface area contributed by atoms with Crippen molar-refractivity contribution in [2.75, 3.05) is 11.6 Å². The van der Waals surface area contributed by atoms with Crippen LogP contribution in [0.5, 0.6) is 5.75 Å². The van der Waals surface area contributed by atoms with Crippen LogP contribution >= 0.6 is 0 Å². The van der Waals surface area contributed by atoms with Crippen molar-refractivity contribution in [2.24, 2.45) is 0 Å². The monoisotopic (exact) mass is 439 g/mol. The minimum absolute atomic E-state index is 0.0370. The Kier molecular flexibility index (Phi) is 8.86. The zero-order valence-electron chi connectivity index (χ0n) is 17.4. The first-order valence-corrected chi connectivity index (χ1v) is 11.2. The van der Waals surface area contributed by atoms with E-state index in [0.29, 0.717) is 10.7 Å². The average molecular weight is 440 g/mol. The number of aromatic nitrogens is 1. The fraction of sp³-hybridized carbons (Fsp3) is 0.429. The van der Waals surface area contributed by atoms with E-state index in [1.54, 1.807) is 38.4 Å². The molecule has 2 N–H and O–H groups in total. The minimum Gasteiger partial charge on any atom is -0.488 e. The van der Waals surface area contributed by atoms with Crippen molar-refractivity contribution in [2.45, 2.75) is 57.0 Å². The molecule has 2 heterocycles. The highest BCUT2D eigenvalue weighted by Gasteiger charge is 2.28. The molecule has 1 fully saturated rings. The summed E-state index contributed by atoms with van der Waals surface area (Å²) in [6, 6.07) is 7.34. The Hall–Kier alpha value is -2.39. The van der Waals surface area contributed by atoms with E-state index in [1.165, 1.54) is 12.1 Å². The van der Waals surface area contributed by atoms with Crippen molar-refractivity contribution in [1.82, 2.24) is 4.98 Å². The molecule has 2 aromatic rings. The molecule has 1 aromatic heterocycles. The first-order chi connectivity index (χ1) is 14.2. The SMILES string of the molecule is CC(C)Oc1cccc(F)c1F.CC1CCC(C(=O)Nc2ccnc(S(C)=N)c2)O1. The highest BCUT2D eigenvalue weighted by Crippen LogP contribution is 2.21. The van der Waals surface area contributed by atoms with Gasteiger partial charge in [-0.25, -0.2) is 9.37 Å². The molecule has 0 aliphatic carbocycles. The summed E-state index contributed by atoms with van der Waals surface area (Å²) in [4.78, 5) is 16.0. The number of benzene rings is 1. The molecule has 3 unspecified atom stereocenters. The zero-order valence-corrected chi connectivity index (χ0v) is 18.3. The van der Waals surface area contributed by atoms with Crippen LogP contribution in [0, 0.1) is 16.4 Å². The van der Waals surface area contributed by atoms with Gasteiger partial charge in [0.15, 0.2) is 11.6 Å². The third-order valence-electron chi connectivity index (χ3n) is 4.12. The molecule has 0 saturated carbocycles. The van der Waals surface area contributed by atoms with Crippen LogP contribution < -0.4 is 10.1 Å². The number of rotatable bonds is 5. The van der Waals surface area contributed by atoms with Crippen LogP contribution in [-0.2, 0) is 20.2 Å². The Bertz CT molecular complexity index is 896. The summed E-state index contributed by atoms with van der Waals surface area (Å²) in [6.45, 7) is 5.48. The van der Waals surface area contributed by atoms with Gasteiger partial charge in [0, 0.05) is 11.9 Å². The summed E-state index contributed by atoms with van der Waals surface area (Å²) in [5.41, 5.74) is 0.680. The van der Waals surface area contributed by atoms with E-state index >= 15 is 0 Å². The number of pyridine rings is 1. The maximum Gasteiger partial charge on any atom is 0.253 e. The summed E-state index contributed by atoms with van der Waals surface area (Å²) in [5.74, 6) is -1.96. The molecule has 1 aliphatic rings. The number of carbonyl (C=O) groups excluding carboxylic acids is 1. The lowest BCUT2D eigenvalue weighted by molar-refractivity contribution is -0.126. The number of ether oxygens (including phenoxy) is 2. The third kappa shape index (κ3) is 7.14. The van der Waals surface area contributed by atoms with Gasteiger partial charge in [-0.15, -0.1) is 0 Å². The predicted octanol–water partition coefficient (Wildman–Crippen LogP) is 4.71. The van der Waals surface area contributed by atoms with Gasteiger partial charge >= 0.3 is 0 Å². The van der Waals surface area contributed by atoms with E-state index in [0.717, 1.165) is 18.9 Å². The van der Waals surface area contributed by atoms with Crippen LogP contribution in [0.25, 0.3) is 0 Å². The standard InChI is InChI=1S/C12H17N3O2S.C9H10F2O/c1-8-3-4-10(17-8)12(16)15-9-5-6-14-11(7-9)18(2)13;1-6(2)12-8-5-3-4-7(10)9(8)11/h5-8,10,13H,3-4H2,1-2H3,(H,14,15,16);3-6H,1-2H3. The number of nitrogens with zero attached hydrogens (tertiary/aromatic N) is 1. The molecule has 3 rings (SSSR count). The summed E-state index contributed by atoms with van der Waals surface area (Å²) >= 11 is 0. The van der Waals surface area contributed by atoms with E-state index in [-0.39, 0.29) is 30.0 Å². The lowest BCUT2D eigenvalue weighted by atomic mass is 10.2. The molecule has 9 heteroatoms. The molecular weight excluding hydrogens is 412 g/mol. The second-order valence-electron chi connectivity index (χ2n) is 7.11. The highest BCUT2D eigenvalue weighted by molar-refractivity contribution is 7.85. The highest BCUT2D eigenvalue weighted by atomic mass is 32.2. The molecule has 1 amide bonds. The Morgan fingerprint density at radius 3 is 2.67 bits per heavy atom. The van der Waals surface area contributed by atoms with Gasteiger partial charge in [-0.1, -0.05) is 16.8 Å². The van der Waals surface area contributed by atoms with Gasteiger partial charge in [0.2, 0.25) is 5.82 Å². The van der Waals surface area contributed by atoms with E-state index in [2.05, 4.69) is 10.3 Å². The van der Waals surface area contributed by atoms with Crippen LogP contribution in [0.1, 0.15) is 33.6 Å². The summed E-state index contributed by atoms with van der Waals surface area (Å²) < 4.78 is 43.6. The molecule has 6 nitrogen and oxygen atoms in total. The molecule has 0 bridgehead atoms. The summed E-state index contributed by atoms with van der Waals surface area (Å²) in [6.07, 6.45) is 4.72. The number of carbonyl (C=O) groups is 1. The number of anilines is 1. The van der Waals surface area contributed by atoms with Crippen molar-refractivity contribution >= 4 is 22.3 Å². The van der Waals surface area contributed by atoms with Crippen molar-refractivity contribution < 1.29 is 23.0 Å². The zero-order chi connectivity index (χ0) is 22.3. The van der Waals surface area contributed by atoms with Gasteiger partial charge in [-0.3, -0.25) is 9.57 Å². The average Bonchev–Trinajstić information content (AvgIpc) is 3.12. The predicted molar refractivity (Wildman–Crippen MR) is 113 cm³/mol. The van der Waals surface area contributed by atoms with Crippen LogP contribution in [0.2, 0.25) is 0 Å². The number of hydrogen-bond donors (Lipinski definition) is 2. The lowest BCUT2D eigenvalue weighted by Crippen LogP contribution is -2.27. The fourth-order valence-electron chi connectivity index (χ4n) is 2.70. The van der Waals surface area contributed by atoms with Gasteiger partial charge in [0.05, 0.1) is 12.2 Å².